The molecule has 5 rings (SSSR count). The van der Waals surface area contributed by atoms with Crippen LogP contribution in [0.1, 0.15) is 37.7 Å². The van der Waals surface area contributed by atoms with E-state index in [1.165, 1.54) is 0 Å². The topological polar surface area (TPSA) is 51.5 Å². The number of allylic oxidation sites excluding steroid dienone is 1. The van der Waals surface area contributed by atoms with Crippen LogP contribution in [-0.4, -0.2) is 42.4 Å². The molecule has 0 N–H and O–H groups in total. The number of morpholine rings is 1. The van der Waals surface area contributed by atoms with Crippen LogP contribution in [-0.2, 0) is 4.74 Å². The molecular formula is C26H23BrN2O3. The van der Waals surface area contributed by atoms with Crippen LogP contribution in [0.5, 0.6) is 0 Å². The van der Waals surface area contributed by atoms with Gasteiger partial charge < -0.3 is 14.2 Å². The molecule has 0 spiro atoms. The first kappa shape index (κ1) is 20.9. The summed E-state index contributed by atoms with van der Waals surface area (Å²) in [5.74, 6) is -0.402. The summed E-state index contributed by atoms with van der Waals surface area (Å²) in [5, 5.41) is 0. The maximum absolute atomic E-state index is 12.8. The van der Waals surface area contributed by atoms with E-state index in [1.807, 2.05) is 19.9 Å². The summed E-state index contributed by atoms with van der Waals surface area (Å²) in [5.41, 5.74) is 6.28. The standard InChI is InChI=1S/C26H23BrN2O3/c1-16-13-18(14-22-25(30)20-5-3-4-6-21(20)26(22)31)17(2)29(16)19-7-8-24(23(27)15-19)28-9-11-32-12-10-28/h3-8,13-15H,9-12H2,1-2H3. The Morgan fingerprint density at radius 1 is 0.938 bits per heavy atom. The van der Waals surface area contributed by atoms with Crippen molar-refractivity contribution >= 4 is 39.3 Å². The summed E-state index contributed by atoms with van der Waals surface area (Å²) in [6.45, 7) is 7.28. The highest BCUT2D eigenvalue weighted by molar-refractivity contribution is 9.10. The van der Waals surface area contributed by atoms with Crippen LogP contribution in [0.4, 0.5) is 5.69 Å². The van der Waals surface area contributed by atoms with E-state index in [1.54, 1.807) is 30.3 Å². The van der Waals surface area contributed by atoms with Gasteiger partial charge in [0, 0.05) is 45.8 Å². The molecule has 6 heteroatoms. The molecular weight excluding hydrogens is 468 g/mol. The molecule has 2 heterocycles. The minimum atomic E-state index is -0.201. The first-order valence-corrected chi connectivity index (χ1v) is 11.5. The van der Waals surface area contributed by atoms with Gasteiger partial charge >= 0.3 is 0 Å². The minimum Gasteiger partial charge on any atom is -0.378 e. The molecule has 1 aliphatic carbocycles. The fourth-order valence-corrected chi connectivity index (χ4v) is 5.20. The molecule has 3 aromatic rings. The fraction of sp³-hybridized carbons (Fsp3) is 0.231. The Hall–Kier alpha value is -2.96. The van der Waals surface area contributed by atoms with Crippen LogP contribution < -0.4 is 4.90 Å². The lowest BCUT2D eigenvalue weighted by Crippen LogP contribution is -2.36. The predicted molar refractivity (Wildman–Crippen MR) is 129 cm³/mol. The summed E-state index contributed by atoms with van der Waals surface area (Å²) in [6, 6.07) is 15.4. The van der Waals surface area contributed by atoms with Crippen LogP contribution in [0, 0.1) is 13.8 Å². The van der Waals surface area contributed by atoms with Crippen LogP contribution in [0.25, 0.3) is 11.8 Å². The van der Waals surface area contributed by atoms with Gasteiger partial charge in [0.05, 0.1) is 24.5 Å². The number of rotatable bonds is 3. The molecule has 2 aromatic carbocycles. The Kier molecular flexibility index (Phi) is 5.35. The van der Waals surface area contributed by atoms with Crippen molar-refractivity contribution < 1.29 is 14.3 Å². The highest BCUT2D eigenvalue weighted by atomic mass is 79.9. The van der Waals surface area contributed by atoms with Gasteiger partial charge in [-0.1, -0.05) is 24.3 Å². The number of hydrogen-bond acceptors (Lipinski definition) is 4. The number of aryl methyl sites for hydroxylation is 1. The van der Waals surface area contributed by atoms with E-state index in [-0.39, 0.29) is 17.1 Å². The van der Waals surface area contributed by atoms with E-state index in [4.69, 9.17) is 4.74 Å². The second-order valence-corrected chi connectivity index (χ2v) is 9.01. The van der Waals surface area contributed by atoms with Crippen molar-refractivity contribution in [3.8, 4) is 5.69 Å². The number of Topliss-reactive ketones (excluding diaryl/α,β-unsaturated/α-hetero) is 2. The van der Waals surface area contributed by atoms with Crippen LogP contribution in [0.2, 0.25) is 0 Å². The second kappa shape index (κ2) is 8.19. The molecule has 0 unspecified atom stereocenters. The first-order chi connectivity index (χ1) is 15.5. The molecule has 0 atom stereocenters. The Balaban J connectivity index is 1.50. The third-order valence-electron chi connectivity index (χ3n) is 6.22. The van der Waals surface area contributed by atoms with Crippen LogP contribution in [0.3, 0.4) is 0 Å². The maximum Gasteiger partial charge on any atom is 0.197 e. The smallest absolute Gasteiger partial charge is 0.197 e. The number of anilines is 1. The molecule has 0 bridgehead atoms. The first-order valence-electron chi connectivity index (χ1n) is 10.7. The monoisotopic (exact) mass is 490 g/mol. The van der Waals surface area contributed by atoms with Gasteiger partial charge in [-0.05, 0) is 65.7 Å². The molecule has 0 radical (unpaired) electrons. The lowest BCUT2D eigenvalue weighted by Gasteiger charge is -2.30. The normalized spacial score (nSPS) is 16.0. The van der Waals surface area contributed by atoms with Gasteiger partial charge in [0.25, 0.3) is 0 Å². The van der Waals surface area contributed by atoms with Gasteiger partial charge in [0.15, 0.2) is 11.6 Å². The Labute approximate surface area is 195 Å². The maximum atomic E-state index is 12.8. The lowest BCUT2D eigenvalue weighted by molar-refractivity contribution is 0.0990. The van der Waals surface area contributed by atoms with Gasteiger partial charge in [-0.2, -0.15) is 0 Å². The number of hydrogen-bond donors (Lipinski definition) is 0. The number of carbonyl (C=O) groups excluding carboxylic acids is 2. The minimum absolute atomic E-state index is 0.201. The number of ketones is 2. The van der Waals surface area contributed by atoms with Crippen molar-refractivity contribution in [2.75, 3.05) is 31.2 Å². The average Bonchev–Trinajstić information content (AvgIpc) is 3.22. The molecule has 1 fully saturated rings. The molecule has 0 saturated carbocycles. The van der Waals surface area contributed by atoms with E-state index in [9.17, 15) is 9.59 Å². The number of fused-ring (bicyclic) bond motifs is 1. The van der Waals surface area contributed by atoms with E-state index in [0.717, 1.165) is 59.1 Å². The van der Waals surface area contributed by atoms with E-state index < -0.39 is 0 Å². The number of halogens is 1. The molecule has 2 aliphatic rings. The fourth-order valence-electron chi connectivity index (χ4n) is 4.59. The van der Waals surface area contributed by atoms with Crippen molar-refractivity contribution in [2.24, 2.45) is 0 Å². The molecule has 1 saturated heterocycles. The largest absolute Gasteiger partial charge is 0.378 e. The molecule has 1 aliphatic heterocycles. The number of benzene rings is 2. The molecule has 1 aromatic heterocycles. The van der Waals surface area contributed by atoms with Crippen molar-refractivity contribution in [1.29, 1.82) is 0 Å². The van der Waals surface area contributed by atoms with Crippen LogP contribution in [0.15, 0.2) is 58.6 Å². The average molecular weight is 491 g/mol. The van der Waals surface area contributed by atoms with E-state index in [2.05, 4.69) is 43.6 Å². The SMILES string of the molecule is Cc1cc(C=C2C(=O)c3ccccc3C2=O)c(C)n1-c1ccc(N2CCOCC2)c(Br)c1. The van der Waals surface area contributed by atoms with Gasteiger partial charge in [-0.15, -0.1) is 0 Å². The second-order valence-electron chi connectivity index (χ2n) is 8.16. The summed E-state index contributed by atoms with van der Waals surface area (Å²) in [7, 11) is 0. The Morgan fingerprint density at radius 3 is 2.22 bits per heavy atom. The third-order valence-corrected chi connectivity index (χ3v) is 6.85. The molecule has 0 amide bonds. The van der Waals surface area contributed by atoms with Crippen molar-refractivity contribution in [3.05, 3.63) is 86.7 Å². The van der Waals surface area contributed by atoms with E-state index >= 15 is 0 Å². The third kappa shape index (κ3) is 3.44. The van der Waals surface area contributed by atoms with Gasteiger partial charge in [0.1, 0.15) is 0 Å². The molecule has 5 nitrogen and oxygen atoms in total. The van der Waals surface area contributed by atoms with Gasteiger partial charge in [-0.3, -0.25) is 9.59 Å². The quantitative estimate of drug-likeness (QED) is 0.376. The summed E-state index contributed by atoms with van der Waals surface area (Å²) in [4.78, 5) is 27.9. The van der Waals surface area contributed by atoms with E-state index in [0.29, 0.717) is 11.1 Å². The Bertz CT molecular complexity index is 1250. The highest BCUT2D eigenvalue weighted by Gasteiger charge is 2.32. The lowest BCUT2D eigenvalue weighted by atomic mass is 10.1. The predicted octanol–water partition coefficient (Wildman–Crippen LogP) is 5.16. The molecule has 162 valence electrons. The molecule has 32 heavy (non-hydrogen) atoms. The van der Waals surface area contributed by atoms with Gasteiger partial charge in [-0.25, -0.2) is 0 Å². The summed E-state index contributed by atoms with van der Waals surface area (Å²) >= 11 is 3.74. The number of nitrogens with zero attached hydrogens (tertiary/aromatic N) is 2. The highest BCUT2D eigenvalue weighted by Crippen LogP contribution is 2.33. The zero-order valence-electron chi connectivity index (χ0n) is 18.0. The van der Waals surface area contributed by atoms with Crippen LogP contribution >= 0.6 is 15.9 Å². The summed E-state index contributed by atoms with van der Waals surface area (Å²) < 4.78 is 8.64. The van der Waals surface area contributed by atoms with Crippen molar-refractivity contribution in [2.45, 2.75) is 13.8 Å². The zero-order chi connectivity index (χ0) is 22.4. The summed E-state index contributed by atoms with van der Waals surface area (Å²) in [6.07, 6.45) is 1.74. The zero-order valence-corrected chi connectivity index (χ0v) is 19.6. The number of aromatic nitrogens is 1. The Morgan fingerprint density at radius 2 is 1.59 bits per heavy atom. The van der Waals surface area contributed by atoms with Gasteiger partial charge in [0.2, 0.25) is 0 Å². The number of carbonyl (C=O) groups is 2. The van der Waals surface area contributed by atoms with Crippen molar-refractivity contribution in [1.82, 2.24) is 4.57 Å². The number of ether oxygens (including phenoxy) is 1. The van der Waals surface area contributed by atoms with Crippen molar-refractivity contribution in [3.63, 3.8) is 0 Å².